The lowest BCUT2D eigenvalue weighted by Crippen LogP contribution is -2.21. The number of rotatable bonds is 5. The summed E-state index contributed by atoms with van der Waals surface area (Å²) in [6, 6.07) is 10.1. The summed E-state index contributed by atoms with van der Waals surface area (Å²) in [5.74, 6) is -0.527. The summed E-state index contributed by atoms with van der Waals surface area (Å²) >= 11 is 0. The van der Waals surface area contributed by atoms with Crippen molar-refractivity contribution in [2.45, 2.75) is 32.1 Å². The van der Waals surface area contributed by atoms with Gasteiger partial charge in [-0.2, -0.15) is 0 Å². The molecule has 0 bridgehead atoms. The highest BCUT2D eigenvalue weighted by molar-refractivity contribution is 5.64. The number of aliphatic carboxylic acids is 1. The predicted molar refractivity (Wildman–Crippen MR) is 53.7 cm³/mol. The summed E-state index contributed by atoms with van der Waals surface area (Å²) in [7, 11) is 0. The highest BCUT2D eigenvalue weighted by atomic mass is 16.4. The Bertz CT molecular complexity index is 280. The zero-order valence-electron chi connectivity index (χ0n) is 8.40. The molecule has 1 aromatic carbocycles. The number of benzene rings is 1. The van der Waals surface area contributed by atoms with E-state index in [1.165, 1.54) is 5.56 Å². The minimum atomic E-state index is -0.953. The molecular formula is C12H15O2-. The second kappa shape index (κ2) is 5.43. The minimum absolute atomic E-state index is 0.164. The molecule has 0 aliphatic rings. The number of carboxylic acid groups (broad SMARTS) is 1. The first-order valence-electron chi connectivity index (χ1n) is 4.95. The van der Waals surface area contributed by atoms with Crippen LogP contribution in [-0.4, -0.2) is 5.97 Å². The molecule has 0 radical (unpaired) electrons. The molecule has 1 atom stereocenters. The third-order valence-electron chi connectivity index (χ3n) is 2.39. The average molecular weight is 191 g/mol. The highest BCUT2D eigenvalue weighted by Crippen LogP contribution is 2.20. The molecule has 1 rings (SSSR count). The van der Waals surface area contributed by atoms with Crippen LogP contribution in [0.3, 0.4) is 0 Å². The molecule has 1 aromatic rings. The molecule has 76 valence electrons. The molecule has 0 fully saturated rings. The SMILES string of the molecule is C[C@H](CCCC(=O)[O-])c1ccccc1. The normalized spacial score (nSPS) is 12.4. The summed E-state index contributed by atoms with van der Waals surface area (Å²) in [6.45, 7) is 2.12. The lowest BCUT2D eigenvalue weighted by molar-refractivity contribution is -0.305. The van der Waals surface area contributed by atoms with Gasteiger partial charge >= 0.3 is 0 Å². The molecule has 0 saturated heterocycles. The van der Waals surface area contributed by atoms with Gasteiger partial charge in [-0.1, -0.05) is 37.3 Å². The van der Waals surface area contributed by atoms with Gasteiger partial charge in [0, 0.05) is 5.97 Å². The molecule has 14 heavy (non-hydrogen) atoms. The largest absolute Gasteiger partial charge is 0.550 e. The Morgan fingerprint density at radius 3 is 2.57 bits per heavy atom. The molecule has 0 heterocycles. The Balaban J connectivity index is 2.36. The predicted octanol–water partition coefficient (Wildman–Crippen LogP) is 1.71. The topological polar surface area (TPSA) is 40.1 Å². The maximum Gasteiger partial charge on any atom is 0.0414 e. The van der Waals surface area contributed by atoms with Gasteiger partial charge in [0.25, 0.3) is 0 Å². The summed E-state index contributed by atoms with van der Waals surface area (Å²) < 4.78 is 0. The van der Waals surface area contributed by atoms with Crippen LogP contribution in [0.4, 0.5) is 0 Å². The van der Waals surface area contributed by atoms with Crippen LogP contribution < -0.4 is 5.11 Å². The molecule has 0 aromatic heterocycles. The first kappa shape index (κ1) is 10.8. The van der Waals surface area contributed by atoms with Crippen LogP contribution in [0.5, 0.6) is 0 Å². The van der Waals surface area contributed by atoms with Gasteiger partial charge in [-0.05, 0) is 30.7 Å². The molecular weight excluding hydrogens is 176 g/mol. The van der Waals surface area contributed by atoms with E-state index in [1.54, 1.807) is 0 Å². The Hall–Kier alpha value is -1.31. The molecule has 0 N–H and O–H groups in total. The Morgan fingerprint density at radius 1 is 1.36 bits per heavy atom. The summed E-state index contributed by atoms with van der Waals surface area (Å²) in [5.41, 5.74) is 1.27. The van der Waals surface area contributed by atoms with Crippen molar-refractivity contribution < 1.29 is 9.90 Å². The quantitative estimate of drug-likeness (QED) is 0.710. The summed E-state index contributed by atoms with van der Waals surface area (Å²) in [5, 5.41) is 10.2. The fourth-order valence-electron chi connectivity index (χ4n) is 1.50. The zero-order valence-corrected chi connectivity index (χ0v) is 8.40. The van der Waals surface area contributed by atoms with Crippen LogP contribution in [0, 0.1) is 0 Å². The monoisotopic (exact) mass is 191 g/mol. The second-order valence-electron chi connectivity index (χ2n) is 3.58. The Morgan fingerprint density at radius 2 is 2.00 bits per heavy atom. The van der Waals surface area contributed by atoms with Crippen molar-refractivity contribution in [2.75, 3.05) is 0 Å². The molecule has 0 saturated carbocycles. The van der Waals surface area contributed by atoms with Gasteiger partial charge in [0.2, 0.25) is 0 Å². The van der Waals surface area contributed by atoms with E-state index in [4.69, 9.17) is 0 Å². The van der Waals surface area contributed by atoms with E-state index in [9.17, 15) is 9.90 Å². The molecule has 2 nitrogen and oxygen atoms in total. The fraction of sp³-hybridized carbons (Fsp3) is 0.417. The van der Waals surface area contributed by atoms with Crippen molar-refractivity contribution in [3.63, 3.8) is 0 Å². The summed E-state index contributed by atoms with van der Waals surface area (Å²) in [4.78, 5) is 10.2. The van der Waals surface area contributed by atoms with Crippen molar-refractivity contribution in [3.8, 4) is 0 Å². The van der Waals surface area contributed by atoms with E-state index in [-0.39, 0.29) is 6.42 Å². The van der Waals surface area contributed by atoms with Crippen molar-refractivity contribution in [2.24, 2.45) is 0 Å². The van der Waals surface area contributed by atoms with E-state index in [0.29, 0.717) is 12.3 Å². The van der Waals surface area contributed by atoms with Gasteiger partial charge in [0.05, 0.1) is 0 Å². The number of carbonyl (C=O) groups excluding carboxylic acids is 1. The van der Waals surface area contributed by atoms with Gasteiger partial charge in [0.15, 0.2) is 0 Å². The second-order valence-corrected chi connectivity index (χ2v) is 3.58. The van der Waals surface area contributed by atoms with E-state index >= 15 is 0 Å². The van der Waals surface area contributed by atoms with E-state index in [2.05, 4.69) is 19.1 Å². The van der Waals surface area contributed by atoms with Crippen LogP contribution in [0.2, 0.25) is 0 Å². The average Bonchev–Trinajstić information content (AvgIpc) is 2.18. The number of carboxylic acids is 1. The first-order valence-corrected chi connectivity index (χ1v) is 4.95. The van der Waals surface area contributed by atoms with Crippen LogP contribution in [0.25, 0.3) is 0 Å². The standard InChI is InChI=1S/C12H16O2/c1-10(6-5-9-12(13)14)11-7-3-2-4-8-11/h2-4,7-8,10H,5-6,9H2,1H3,(H,13,14)/p-1/t10-/m1/s1. The maximum atomic E-state index is 10.2. The third-order valence-corrected chi connectivity index (χ3v) is 2.39. The smallest absolute Gasteiger partial charge is 0.0414 e. The van der Waals surface area contributed by atoms with Crippen molar-refractivity contribution in [3.05, 3.63) is 35.9 Å². The maximum absolute atomic E-state index is 10.2. The van der Waals surface area contributed by atoms with E-state index in [0.717, 1.165) is 6.42 Å². The van der Waals surface area contributed by atoms with Crippen molar-refractivity contribution >= 4 is 5.97 Å². The lowest BCUT2D eigenvalue weighted by Gasteiger charge is -2.11. The van der Waals surface area contributed by atoms with Gasteiger partial charge in [-0.15, -0.1) is 0 Å². The van der Waals surface area contributed by atoms with Crippen LogP contribution in [-0.2, 0) is 4.79 Å². The molecule has 0 aliphatic carbocycles. The first-order chi connectivity index (χ1) is 6.70. The number of hydrogen-bond donors (Lipinski definition) is 0. The van der Waals surface area contributed by atoms with Gasteiger partial charge in [0.1, 0.15) is 0 Å². The zero-order chi connectivity index (χ0) is 10.4. The van der Waals surface area contributed by atoms with Crippen molar-refractivity contribution in [1.29, 1.82) is 0 Å². The molecule has 2 heteroatoms. The van der Waals surface area contributed by atoms with Gasteiger partial charge < -0.3 is 9.90 Å². The van der Waals surface area contributed by atoms with Crippen LogP contribution >= 0.6 is 0 Å². The lowest BCUT2D eigenvalue weighted by atomic mass is 9.96. The Labute approximate surface area is 84.6 Å². The summed E-state index contributed by atoms with van der Waals surface area (Å²) in [6.07, 6.45) is 1.76. The Kier molecular flexibility index (Phi) is 4.17. The minimum Gasteiger partial charge on any atom is -0.550 e. The van der Waals surface area contributed by atoms with Crippen molar-refractivity contribution in [1.82, 2.24) is 0 Å². The number of carbonyl (C=O) groups is 1. The molecule has 0 aliphatic heterocycles. The molecule has 0 spiro atoms. The third kappa shape index (κ3) is 3.60. The van der Waals surface area contributed by atoms with Crippen LogP contribution in [0.15, 0.2) is 30.3 Å². The van der Waals surface area contributed by atoms with E-state index in [1.807, 2.05) is 18.2 Å². The molecule has 0 amide bonds. The van der Waals surface area contributed by atoms with Gasteiger partial charge in [-0.3, -0.25) is 0 Å². The fourth-order valence-corrected chi connectivity index (χ4v) is 1.50. The van der Waals surface area contributed by atoms with Gasteiger partial charge in [-0.25, -0.2) is 0 Å². The molecule has 0 unspecified atom stereocenters. The highest BCUT2D eigenvalue weighted by Gasteiger charge is 2.03. The van der Waals surface area contributed by atoms with E-state index < -0.39 is 5.97 Å². The number of hydrogen-bond acceptors (Lipinski definition) is 2. The van der Waals surface area contributed by atoms with Crippen LogP contribution in [0.1, 0.15) is 37.7 Å².